The molecular formula is C15H20N2O3. The molecule has 0 bridgehead atoms. The lowest BCUT2D eigenvalue weighted by Gasteiger charge is -2.20. The van der Waals surface area contributed by atoms with Gasteiger partial charge in [0, 0.05) is 25.1 Å². The Morgan fingerprint density at radius 1 is 1.45 bits per heavy atom. The molecule has 0 fully saturated rings. The van der Waals surface area contributed by atoms with Crippen molar-refractivity contribution in [2.45, 2.75) is 26.4 Å². The van der Waals surface area contributed by atoms with Crippen LogP contribution in [0.1, 0.15) is 25.8 Å². The number of carbonyl (C=O) groups is 1. The SMILES string of the molecule is CCN(CC)C(=O)[C@@H]1CC(c2cccc(OC)c2)=NO1. The van der Waals surface area contributed by atoms with Gasteiger partial charge in [-0.1, -0.05) is 17.3 Å². The number of methoxy groups -OCH3 is 1. The summed E-state index contributed by atoms with van der Waals surface area (Å²) in [6.07, 6.45) is -0.00113. The summed E-state index contributed by atoms with van der Waals surface area (Å²) in [6.45, 7) is 5.29. The Kier molecular flexibility index (Phi) is 4.61. The Hall–Kier alpha value is -2.04. The van der Waals surface area contributed by atoms with E-state index in [-0.39, 0.29) is 5.91 Å². The van der Waals surface area contributed by atoms with Crippen molar-refractivity contribution in [3.63, 3.8) is 0 Å². The van der Waals surface area contributed by atoms with Crippen molar-refractivity contribution in [2.24, 2.45) is 5.16 Å². The third-order valence-corrected chi connectivity index (χ3v) is 3.42. The Bertz CT molecular complexity index is 510. The fourth-order valence-corrected chi connectivity index (χ4v) is 2.22. The lowest BCUT2D eigenvalue weighted by molar-refractivity contribution is -0.141. The molecule has 1 atom stereocenters. The van der Waals surface area contributed by atoms with Gasteiger partial charge in [0.15, 0.2) is 0 Å². The van der Waals surface area contributed by atoms with Crippen LogP contribution in [0.25, 0.3) is 0 Å². The molecule has 20 heavy (non-hydrogen) atoms. The topological polar surface area (TPSA) is 51.1 Å². The third kappa shape index (κ3) is 2.92. The van der Waals surface area contributed by atoms with Crippen LogP contribution in [-0.2, 0) is 9.63 Å². The van der Waals surface area contributed by atoms with Crippen LogP contribution in [0.4, 0.5) is 0 Å². The summed E-state index contributed by atoms with van der Waals surface area (Å²) >= 11 is 0. The minimum atomic E-state index is -0.504. The first kappa shape index (κ1) is 14.4. The van der Waals surface area contributed by atoms with Crippen molar-refractivity contribution in [2.75, 3.05) is 20.2 Å². The molecule has 0 aliphatic carbocycles. The summed E-state index contributed by atoms with van der Waals surface area (Å²) in [7, 11) is 1.62. The number of rotatable bonds is 5. The predicted molar refractivity (Wildman–Crippen MR) is 76.9 cm³/mol. The van der Waals surface area contributed by atoms with Crippen molar-refractivity contribution in [3.05, 3.63) is 29.8 Å². The van der Waals surface area contributed by atoms with E-state index in [1.165, 1.54) is 0 Å². The van der Waals surface area contributed by atoms with E-state index in [0.717, 1.165) is 17.0 Å². The molecule has 0 radical (unpaired) electrons. The molecule has 108 valence electrons. The molecule has 0 unspecified atom stereocenters. The number of hydrogen-bond acceptors (Lipinski definition) is 4. The van der Waals surface area contributed by atoms with Gasteiger partial charge >= 0.3 is 0 Å². The molecule has 5 nitrogen and oxygen atoms in total. The molecule has 0 spiro atoms. The number of hydrogen-bond donors (Lipinski definition) is 0. The van der Waals surface area contributed by atoms with Gasteiger partial charge < -0.3 is 14.5 Å². The van der Waals surface area contributed by atoms with Crippen molar-refractivity contribution in [3.8, 4) is 5.75 Å². The normalized spacial score (nSPS) is 17.4. The van der Waals surface area contributed by atoms with Gasteiger partial charge in [0.25, 0.3) is 5.91 Å². The molecule has 1 heterocycles. The van der Waals surface area contributed by atoms with E-state index in [9.17, 15) is 4.79 Å². The van der Waals surface area contributed by atoms with E-state index in [1.807, 2.05) is 38.1 Å². The van der Waals surface area contributed by atoms with E-state index >= 15 is 0 Å². The van der Waals surface area contributed by atoms with E-state index in [4.69, 9.17) is 9.57 Å². The van der Waals surface area contributed by atoms with E-state index in [0.29, 0.717) is 19.5 Å². The van der Waals surface area contributed by atoms with Crippen LogP contribution in [0.3, 0.4) is 0 Å². The smallest absolute Gasteiger partial charge is 0.266 e. The zero-order valence-corrected chi connectivity index (χ0v) is 12.1. The van der Waals surface area contributed by atoms with Crippen molar-refractivity contribution < 1.29 is 14.4 Å². The van der Waals surface area contributed by atoms with Crippen molar-refractivity contribution in [1.82, 2.24) is 4.90 Å². The molecule has 0 saturated carbocycles. The second-order valence-electron chi connectivity index (χ2n) is 4.58. The molecule has 1 amide bonds. The molecule has 2 rings (SSSR count). The monoisotopic (exact) mass is 276 g/mol. The maximum atomic E-state index is 12.2. The van der Waals surface area contributed by atoms with Gasteiger partial charge in [-0.15, -0.1) is 0 Å². The predicted octanol–water partition coefficient (Wildman–Crippen LogP) is 2.06. The Balaban J connectivity index is 2.06. The zero-order chi connectivity index (χ0) is 14.5. The second kappa shape index (κ2) is 6.41. The Morgan fingerprint density at radius 3 is 2.85 bits per heavy atom. The van der Waals surface area contributed by atoms with Crippen LogP contribution in [-0.4, -0.2) is 42.8 Å². The van der Waals surface area contributed by atoms with Crippen molar-refractivity contribution >= 4 is 11.6 Å². The maximum absolute atomic E-state index is 12.2. The van der Waals surface area contributed by atoms with Crippen LogP contribution in [0.5, 0.6) is 5.75 Å². The van der Waals surface area contributed by atoms with Gasteiger partial charge in [0.05, 0.1) is 12.8 Å². The number of oxime groups is 1. The van der Waals surface area contributed by atoms with E-state index < -0.39 is 6.10 Å². The number of benzene rings is 1. The van der Waals surface area contributed by atoms with Gasteiger partial charge in [0.1, 0.15) is 5.75 Å². The fourth-order valence-electron chi connectivity index (χ4n) is 2.22. The summed E-state index contributed by atoms with van der Waals surface area (Å²) in [6, 6.07) is 7.61. The van der Waals surface area contributed by atoms with Crippen LogP contribution in [0, 0.1) is 0 Å². The average molecular weight is 276 g/mol. The number of ether oxygens (including phenoxy) is 1. The standard InChI is InChI=1S/C15H20N2O3/c1-4-17(5-2)15(18)14-10-13(16-20-14)11-7-6-8-12(9-11)19-3/h6-9,14H,4-5,10H2,1-3H3/t14-/m0/s1. The summed E-state index contributed by atoms with van der Waals surface area (Å²) in [5.74, 6) is 0.764. The van der Waals surface area contributed by atoms with Crippen LogP contribution >= 0.6 is 0 Å². The van der Waals surface area contributed by atoms with Crippen molar-refractivity contribution in [1.29, 1.82) is 0 Å². The molecule has 1 aromatic rings. The van der Waals surface area contributed by atoms with E-state index in [1.54, 1.807) is 12.0 Å². The first-order valence-corrected chi connectivity index (χ1v) is 6.85. The van der Waals surface area contributed by atoms with Crippen LogP contribution in [0.2, 0.25) is 0 Å². The Morgan fingerprint density at radius 2 is 2.20 bits per heavy atom. The average Bonchev–Trinajstić information content (AvgIpc) is 2.98. The summed E-state index contributed by atoms with van der Waals surface area (Å²) in [5, 5.41) is 4.05. The highest BCUT2D eigenvalue weighted by molar-refractivity contribution is 6.04. The molecule has 0 aromatic heterocycles. The summed E-state index contributed by atoms with van der Waals surface area (Å²) in [5.41, 5.74) is 1.72. The molecule has 5 heteroatoms. The van der Waals surface area contributed by atoms with Crippen LogP contribution < -0.4 is 4.74 Å². The largest absolute Gasteiger partial charge is 0.497 e. The highest BCUT2D eigenvalue weighted by atomic mass is 16.6. The lowest BCUT2D eigenvalue weighted by Crippen LogP contribution is -2.39. The van der Waals surface area contributed by atoms with E-state index in [2.05, 4.69) is 5.16 Å². The zero-order valence-electron chi connectivity index (χ0n) is 12.1. The lowest BCUT2D eigenvalue weighted by atomic mass is 10.0. The first-order chi connectivity index (χ1) is 9.69. The maximum Gasteiger partial charge on any atom is 0.266 e. The third-order valence-electron chi connectivity index (χ3n) is 3.42. The number of nitrogens with zero attached hydrogens (tertiary/aromatic N) is 2. The molecule has 0 saturated heterocycles. The van der Waals surface area contributed by atoms with Crippen LogP contribution in [0.15, 0.2) is 29.4 Å². The minimum Gasteiger partial charge on any atom is -0.497 e. The van der Waals surface area contributed by atoms with Gasteiger partial charge in [-0.3, -0.25) is 4.79 Å². The van der Waals surface area contributed by atoms with Gasteiger partial charge in [0.2, 0.25) is 6.10 Å². The minimum absolute atomic E-state index is 0.00311. The van der Waals surface area contributed by atoms with Gasteiger partial charge in [-0.2, -0.15) is 0 Å². The number of amides is 1. The molecule has 1 aliphatic heterocycles. The highest BCUT2D eigenvalue weighted by Gasteiger charge is 2.31. The van der Waals surface area contributed by atoms with Gasteiger partial charge in [-0.25, -0.2) is 0 Å². The molecule has 1 aliphatic rings. The molecular weight excluding hydrogens is 256 g/mol. The quantitative estimate of drug-likeness (QED) is 0.827. The Labute approximate surface area is 119 Å². The number of likely N-dealkylation sites (N-methyl/N-ethyl adjacent to an activating group) is 1. The molecule has 0 N–H and O–H groups in total. The first-order valence-electron chi connectivity index (χ1n) is 6.85. The fraction of sp³-hybridized carbons (Fsp3) is 0.467. The highest BCUT2D eigenvalue weighted by Crippen LogP contribution is 2.21. The van der Waals surface area contributed by atoms with Gasteiger partial charge in [-0.05, 0) is 26.0 Å². The molecule has 1 aromatic carbocycles. The summed E-state index contributed by atoms with van der Waals surface area (Å²) in [4.78, 5) is 19.3. The summed E-state index contributed by atoms with van der Waals surface area (Å²) < 4.78 is 5.19. The second-order valence-corrected chi connectivity index (χ2v) is 4.58. The number of carbonyl (C=O) groups excluding carboxylic acids is 1.